The van der Waals surface area contributed by atoms with E-state index in [0.29, 0.717) is 0 Å². The third-order valence-electron chi connectivity index (χ3n) is 21.1. The fraction of sp³-hybridized carbons (Fsp3) is 0.909. The second kappa shape index (κ2) is 42.7. The van der Waals surface area contributed by atoms with Crippen molar-refractivity contribution in [3.05, 3.63) is 0 Å². The number of aliphatic hydroxyl groups is 23. The van der Waals surface area contributed by atoms with Crippen LogP contribution < -0.4 is 31.9 Å². The van der Waals surface area contributed by atoms with Crippen LogP contribution in [0.3, 0.4) is 0 Å². The second-order valence-corrected chi connectivity index (χ2v) is 29.7. The molecule has 680 valence electrons. The first-order chi connectivity index (χ1) is 55.8. The van der Waals surface area contributed by atoms with Gasteiger partial charge in [0.15, 0.2) is 56.6 Å². The maximum atomic E-state index is 13.1. The number of ether oxygens (including phenoxy) is 17. The van der Waals surface area contributed by atoms with Crippen LogP contribution in [0.1, 0.15) is 41.5 Å². The predicted molar refractivity (Wildman–Crippen MR) is 367 cm³/mol. The first-order valence-electron chi connectivity index (χ1n) is 37.6. The highest BCUT2D eigenvalue weighted by atomic mass is 16.8. The summed E-state index contributed by atoms with van der Waals surface area (Å²) < 4.78 is 103. The maximum Gasteiger partial charge on any atom is 0.217 e. The summed E-state index contributed by atoms with van der Waals surface area (Å²) in [6.45, 7) is -4.10. The summed E-state index contributed by atoms with van der Waals surface area (Å²) in [4.78, 5) is 75.9. The Morgan fingerprint density at radius 1 is 0.220 bits per heavy atom. The molecular formula is C66H110N6O46. The standard InChI is InChI=1S/C66H110N6O46/c1-16(80)67-31-47(96)52(26(11-77)104-58(31)101)113-63-36(72-21(6)85)48(97)53(27(12-78)109-63)115-64-51(100)55(116-66-57(118-62-35(71-20(5)84)46(95)40(89)25(10-76)108-62)50(99)54(28(13-79)110-66)114-60-33(69-18(3)82)44(93)38(87)23(8-74)106-60)42(91)30(111-64)15-103-65-56(117-61-34(70-19(4)83)45(94)39(88)24(9-75)107-61)49(98)41(90)29(112-65)14-102-59-32(68-17(2)81)43(92)37(86)22(7-73)105-59/h22-66,73-79,86-101H,7-15H2,1-6H3,(H,67,80)(H,68,81)(H,69,82)(H,70,83)(H,71,84)(H,72,85)/t22-,23-,24-,25-,26-,27-,28-,29-,30-,31-,32-,33-,34-,35-,36-,37-,38-,39-,40-,41-,42-,43-,44-,45-,46-,47-,48-,49+,50+,51+,52-,53-,54-,55+,56+,57+,58?,59-,60+,61+,62+,63+,64+,65+,66-/m1/s1. The van der Waals surface area contributed by atoms with E-state index in [-0.39, 0.29) is 0 Å². The van der Waals surface area contributed by atoms with Crippen molar-refractivity contribution in [3.63, 3.8) is 0 Å². The fourth-order valence-corrected chi connectivity index (χ4v) is 15.2. The Hall–Kier alpha value is -4.78. The van der Waals surface area contributed by atoms with Crippen LogP contribution in [0, 0.1) is 0 Å². The molecule has 0 radical (unpaired) electrons. The van der Waals surface area contributed by atoms with Gasteiger partial charge in [-0.15, -0.1) is 0 Å². The summed E-state index contributed by atoms with van der Waals surface area (Å²) in [6, 6.07) is -10.8. The number of aliphatic hydroxyl groups excluding tert-OH is 23. The highest BCUT2D eigenvalue weighted by molar-refractivity contribution is 5.75. The van der Waals surface area contributed by atoms with Gasteiger partial charge < -0.3 is 230 Å². The molecule has 29 N–H and O–H groups in total. The van der Waals surface area contributed by atoms with Crippen molar-refractivity contribution < 1.29 is 227 Å². The number of hydrogen-bond donors (Lipinski definition) is 29. The topological polar surface area (TPSA) is 797 Å². The average molecular weight is 1720 g/mol. The van der Waals surface area contributed by atoms with Crippen LogP contribution in [0.2, 0.25) is 0 Å². The van der Waals surface area contributed by atoms with Gasteiger partial charge in [0.2, 0.25) is 35.4 Å². The molecule has 0 spiro atoms. The summed E-state index contributed by atoms with van der Waals surface area (Å²) >= 11 is 0. The van der Waals surface area contributed by atoms with Crippen LogP contribution in [0.25, 0.3) is 0 Å². The molecule has 52 heteroatoms. The Bertz CT molecular complexity index is 3230. The summed E-state index contributed by atoms with van der Waals surface area (Å²) in [5.41, 5.74) is 0. The number of nitrogens with one attached hydrogen (secondary N) is 6. The van der Waals surface area contributed by atoms with Crippen molar-refractivity contribution in [2.45, 2.75) is 318 Å². The summed E-state index contributed by atoms with van der Waals surface area (Å²) in [5.74, 6) is -5.29. The van der Waals surface area contributed by atoms with E-state index < -0.39 is 371 Å². The first-order valence-corrected chi connectivity index (χ1v) is 37.6. The lowest BCUT2D eigenvalue weighted by Crippen LogP contribution is -2.71. The largest absolute Gasteiger partial charge is 0.394 e. The van der Waals surface area contributed by atoms with Crippen molar-refractivity contribution in [1.29, 1.82) is 0 Å². The van der Waals surface area contributed by atoms with Crippen LogP contribution in [0.15, 0.2) is 0 Å². The highest BCUT2D eigenvalue weighted by Gasteiger charge is 2.61. The lowest BCUT2D eigenvalue weighted by atomic mass is 9.93. The summed E-state index contributed by atoms with van der Waals surface area (Å²) in [7, 11) is 0. The lowest BCUT2D eigenvalue weighted by molar-refractivity contribution is -0.403. The SMILES string of the molecule is CC(=O)N[C@H]1[C@H](O[C@H]2[C@H](O)[C@@H](NC(C)=O)C(O)O[C@@H]2CO)O[C@H](CO)[C@@H](O[C@@H]2O[C@H](CO[C@H]3O[C@H](CO[C@@H]4O[C@H](CO)[C@@H](O)[C@H](O)[C@H]4NC(C)=O)[C@@H](O)[C@H](O)[C@@H]3O[C@@H]3O[C@H](CO)[C@@H](O)[C@H](O)[C@H]3NC(C)=O)[C@@H](O)[C@H](O[C@H]3O[C@H](CO)[C@@H](O[C@@H]4O[C@H](CO)[C@@H](O)[C@H](O)[C@H]4NC(C)=O)[C@H](O)[C@@H]3O[C@@H]3O[C@H](CO)[C@@H](O)[C@H](O)[C@H]3NC(C)=O)[C@@H]2O)[C@@H]1O. The zero-order valence-corrected chi connectivity index (χ0v) is 64.0. The molecule has 0 aliphatic carbocycles. The Balaban J connectivity index is 1.13. The summed E-state index contributed by atoms with van der Waals surface area (Å²) in [6.07, 6.45) is -82.3. The van der Waals surface area contributed by atoms with Crippen molar-refractivity contribution in [2.24, 2.45) is 0 Å². The minimum absolute atomic E-state index is 0.801. The molecule has 118 heavy (non-hydrogen) atoms. The second-order valence-electron chi connectivity index (χ2n) is 29.7. The molecule has 9 fully saturated rings. The number of carbonyl (C=O) groups is 6. The molecule has 0 aromatic heterocycles. The van der Waals surface area contributed by atoms with E-state index in [1.807, 2.05) is 0 Å². The van der Waals surface area contributed by atoms with Crippen LogP contribution >= 0.6 is 0 Å². The zero-order valence-electron chi connectivity index (χ0n) is 64.0. The van der Waals surface area contributed by atoms with Crippen LogP contribution in [0.5, 0.6) is 0 Å². The monoisotopic (exact) mass is 1720 g/mol. The fourth-order valence-electron chi connectivity index (χ4n) is 15.2. The molecule has 9 aliphatic heterocycles. The number of hydrogen-bond acceptors (Lipinski definition) is 46. The van der Waals surface area contributed by atoms with Gasteiger partial charge >= 0.3 is 0 Å². The number of rotatable bonds is 31. The smallest absolute Gasteiger partial charge is 0.217 e. The molecule has 9 rings (SSSR count). The molecular weight excluding hydrogens is 1610 g/mol. The number of amides is 6. The lowest BCUT2D eigenvalue weighted by Gasteiger charge is -2.51. The molecule has 9 heterocycles. The minimum atomic E-state index is -2.65. The third-order valence-corrected chi connectivity index (χ3v) is 21.1. The van der Waals surface area contributed by atoms with Gasteiger partial charge in [-0.25, -0.2) is 0 Å². The molecule has 0 bridgehead atoms. The molecule has 1 unspecified atom stereocenters. The van der Waals surface area contributed by atoms with E-state index >= 15 is 0 Å². The van der Waals surface area contributed by atoms with Gasteiger partial charge in [0, 0.05) is 41.5 Å². The molecule has 0 aromatic rings. The van der Waals surface area contributed by atoms with Crippen molar-refractivity contribution in [1.82, 2.24) is 31.9 Å². The Labute approximate surface area is 669 Å². The van der Waals surface area contributed by atoms with Gasteiger partial charge in [0.1, 0.15) is 219 Å². The summed E-state index contributed by atoms with van der Waals surface area (Å²) in [5, 5.41) is 274. The van der Waals surface area contributed by atoms with E-state index in [9.17, 15) is 146 Å². The van der Waals surface area contributed by atoms with Gasteiger partial charge in [-0.2, -0.15) is 0 Å². The van der Waals surface area contributed by atoms with Crippen LogP contribution in [-0.2, 0) is 109 Å². The molecule has 6 amide bonds. The van der Waals surface area contributed by atoms with E-state index in [2.05, 4.69) is 31.9 Å². The first kappa shape index (κ1) is 97.0. The van der Waals surface area contributed by atoms with E-state index in [4.69, 9.17) is 80.5 Å². The van der Waals surface area contributed by atoms with Gasteiger partial charge in [-0.3, -0.25) is 28.8 Å². The van der Waals surface area contributed by atoms with Crippen molar-refractivity contribution in [3.8, 4) is 0 Å². The molecule has 9 aliphatic rings. The van der Waals surface area contributed by atoms with E-state index in [1.54, 1.807) is 0 Å². The quantitative estimate of drug-likeness (QED) is 0.0306. The highest BCUT2D eigenvalue weighted by Crippen LogP contribution is 2.40. The van der Waals surface area contributed by atoms with Crippen molar-refractivity contribution >= 4 is 35.4 Å². The Kier molecular flexibility index (Phi) is 35.1. The third kappa shape index (κ3) is 22.1. The Morgan fingerprint density at radius 2 is 0.466 bits per heavy atom. The number of carbonyl (C=O) groups excluding carboxylic acids is 6. The van der Waals surface area contributed by atoms with Crippen molar-refractivity contribution in [2.75, 3.05) is 59.5 Å². The molecule has 45 atom stereocenters. The average Bonchev–Trinajstić information content (AvgIpc) is 0.761. The normalized spacial score (nSPS) is 46.9. The zero-order chi connectivity index (χ0) is 87.1. The van der Waals surface area contributed by atoms with Gasteiger partial charge in [0.25, 0.3) is 0 Å². The van der Waals surface area contributed by atoms with Gasteiger partial charge in [-0.05, 0) is 0 Å². The maximum absolute atomic E-state index is 13.1. The molecule has 52 nitrogen and oxygen atoms in total. The molecule has 0 aromatic carbocycles. The molecule has 0 saturated carbocycles. The van der Waals surface area contributed by atoms with Crippen LogP contribution in [0.4, 0.5) is 0 Å². The van der Waals surface area contributed by atoms with Gasteiger partial charge in [-0.1, -0.05) is 0 Å². The van der Waals surface area contributed by atoms with E-state index in [1.165, 1.54) is 0 Å². The van der Waals surface area contributed by atoms with E-state index in [0.717, 1.165) is 41.5 Å². The minimum Gasteiger partial charge on any atom is -0.394 e. The Morgan fingerprint density at radius 3 is 0.847 bits per heavy atom. The van der Waals surface area contributed by atoms with Gasteiger partial charge in [0.05, 0.1) is 59.5 Å². The van der Waals surface area contributed by atoms with Crippen LogP contribution in [-0.4, -0.2) is 488 Å². The molecule has 9 saturated heterocycles. The predicted octanol–water partition coefficient (Wildman–Crippen LogP) is -19.8.